The van der Waals surface area contributed by atoms with Crippen molar-refractivity contribution in [3.63, 3.8) is 0 Å². The number of para-hydroxylation sites is 1. The Balaban J connectivity index is 1.84. The quantitative estimate of drug-likeness (QED) is 0.740. The second-order valence-electron chi connectivity index (χ2n) is 5.68. The second kappa shape index (κ2) is 7.00. The van der Waals surface area contributed by atoms with Gasteiger partial charge in [-0.25, -0.2) is 17.8 Å². The maximum atomic E-state index is 12.4. The van der Waals surface area contributed by atoms with Gasteiger partial charge in [-0.2, -0.15) is 5.10 Å². The number of aromatic nitrogens is 2. The van der Waals surface area contributed by atoms with Crippen molar-refractivity contribution in [3.8, 4) is 5.69 Å². The number of nitrogens with one attached hydrogen (secondary N) is 1. The minimum absolute atomic E-state index is 0.176. The van der Waals surface area contributed by atoms with Crippen LogP contribution in [0.2, 0.25) is 5.02 Å². The number of rotatable bonds is 5. The molecule has 0 spiro atoms. The maximum Gasteiger partial charge on any atom is 0.240 e. The molecule has 0 bridgehead atoms. The Labute approximate surface area is 152 Å². The summed E-state index contributed by atoms with van der Waals surface area (Å²) in [7, 11) is -3.61. The van der Waals surface area contributed by atoms with Gasteiger partial charge >= 0.3 is 0 Å². The Kier molecular flexibility index (Phi) is 4.94. The third-order valence-electron chi connectivity index (χ3n) is 4.00. The summed E-state index contributed by atoms with van der Waals surface area (Å²) < 4.78 is 29.3. The van der Waals surface area contributed by atoms with E-state index in [4.69, 9.17) is 11.6 Å². The molecule has 0 fully saturated rings. The van der Waals surface area contributed by atoms with E-state index in [2.05, 4.69) is 9.82 Å². The molecule has 2 aromatic carbocycles. The molecule has 0 radical (unpaired) electrons. The lowest BCUT2D eigenvalue weighted by atomic mass is 10.2. The second-order valence-corrected chi connectivity index (χ2v) is 7.88. The van der Waals surface area contributed by atoms with E-state index in [0.29, 0.717) is 5.02 Å². The van der Waals surface area contributed by atoms with Gasteiger partial charge in [-0.05, 0) is 50.2 Å². The lowest BCUT2D eigenvalue weighted by Gasteiger charge is -2.08. The molecular formula is C18H18ClN3O2S. The van der Waals surface area contributed by atoms with E-state index >= 15 is 0 Å². The fraction of sp³-hybridized carbons (Fsp3) is 0.167. The van der Waals surface area contributed by atoms with Crippen molar-refractivity contribution in [2.75, 3.05) is 0 Å². The van der Waals surface area contributed by atoms with Gasteiger partial charge in [-0.3, -0.25) is 0 Å². The van der Waals surface area contributed by atoms with Gasteiger partial charge < -0.3 is 0 Å². The van der Waals surface area contributed by atoms with Gasteiger partial charge in [-0.1, -0.05) is 29.8 Å². The minimum atomic E-state index is -3.61. The lowest BCUT2D eigenvalue weighted by Crippen LogP contribution is -2.23. The third kappa shape index (κ3) is 3.76. The molecule has 0 amide bonds. The largest absolute Gasteiger partial charge is 0.240 e. The van der Waals surface area contributed by atoms with Crippen LogP contribution in [0.1, 0.15) is 17.0 Å². The standard InChI is InChI=1S/C18H18ClN3O2S/c1-13-18(14(2)22(21-13)16-6-4-3-5-7-16)12-20-25(23,24)17-10-8-15(19)9-11-17/h3-11,20H,12H2,1-2H3. The molecule has 0 aliphatic rings. The summed E-state index contributed by atoms with van der Waals surface area (Å²) in [5, 5.41) is 5.02. The Morgan fingerprint density at radius 3 is 2.32 bits per heavy atom. The first kappa shape index (κ1) is 17.7. The fourth-order valence-electron chi connectivity index (χ4n) is 2.62. The van der Waals surface area contributed by atoms with Crippen molar-refractivity contribution in [2.24, 2.45) is 0 Å². The topological polar surface area (TPSA) is 64.0 Å². The number of hydrogen-bond donors (Lipinski definition) is 1. The summed E-state index contributed by atoms with van der Waals surface area (Å²) in [4.78, 5) is 0.183. The summed E-state index contributed by atoms with van der Waals surface area (Å²) in [6.45, 7) is 3.98. The van der Waals surface area contributed by atoms with Gasteiger partial charge in [0.1, 0.15) is 0 Å². The van der Waals surface area contributed by atoms with Gasteiger partial charge in [0.25, 0.3) is 0 Å². The maximum absolute atomic E-state index is 12.4. The van der Waals surface area contributed by atoms with Crippen molar-refractivity contribution in [3.05, 3.63) is 76.6 Å². The van der Waals surface area contributed by atoms with Gasteiger partial charge in [0, 0.05) is 22.8 Å². The normalized spacial score (nSPS) is 11.6. The average molecular weight is 376 g/mol. The molecule has 25 heavy (non-hydrogen) atoms. The van der Waals surface area contributed by atoms with E-state index < -0.39 is 10.0 Å². The van der Waals surface area contributed by atoms with E-state index in [1.54, 1.807) is 12.1 Å². The molecule has 1 N–H and O–H groups in total. The predicted molar refractivity (Wildman–Crippen MR) is 98.5 cm³/mol. The van der Waals surface area contributed by atoms with Crippen molar-refractivity contribution >= 4 is 21.6 Å². The number of benzene rings is 2. The molecule has 5 nitrogen and oxygen atoms in total. The monoisotopic (exact) mass is 375 g/mol. The molecule has 0 unspecified atom stereocenters. The van der Waals surface area contributed by atoms with Gasteiger partial charge in [-0.15, -0.1) is 0 Å². The zero-order chi connectivity index (χ0) is 18.0. The summed E-state index contributed by atoms with van der Waals surface area (Å²) in [6.07, 6.45) is 0. The molecule has 0 saturated heterocycles. The van der Waals surface area contributed by atoms with E-state index in [9.17, 15) is 8.42 Å². The Bertz CT molecular complexity index is 981. The number of halogens is 1. The smallest absolute Gasteiger partial charge is 0.238 e. The highest BCUT2D eigenvalue weighted by Gasteiger charge is 2.17. The van der Waals surface area contributed by atoms with Crippen LogP contribution in [0.15, 0.2) is 59.5 Å². The first-order valence-corrected chi connectivity index (χ1v) is 9.60. The SMILES string of the molecule is Cc1nn(-c2ccccc2)c(C)c1CNS(=O)(=O)c1ccc(Cl)cc1. The van der Waals surface area contributed by atoms with Crippen molar-refractivity contribution in [1.82, 2.24) is 14.5 Å². The Morgan fingerprint density at radius 2 is 1.68 bits per heavy atom. The zero-order valence-electron chi connectivity index (χ0n) is 13.9. The van der Waals surface area contributed by atoms with Crippen LogP contribution in [0.3, 0.4) is 0 Å². The van der Waals surface area contributed by atoms with Crippen molar-refractivity contribution < 1.29 is 8.42 Å². The molecule has 3 aromatic rings. The van der Waals surface area contributed by atoms with Crippen LogP contribution in [0.5, 0.6) is 0 Å². The van der Waals surface area contributed by atoms with Gasteiger partial charge in [0.2, 0.25) is 10.0 Å². The molecule has 7 heteroatoms. The highest BCUT2D eigenvalue weighted by atomic mass is 35.5. The van der Waals surface area contributed by atoms with E-state index in [1.807, 2.05) is 48.9 Å². The molecule has 0 aliphatic carbocycles. The first-order chi connectivity index (χ1) is 11.9. The van der Waals surface area contributed by atoms with Crippen LogP contribution in [0.25, 0.3) is 5.69 Å². The molecule has 3 rings (SSSR count). The predicted octanol–water partition coefficient (Wildman–Crippen LogP) is 3.62. The summed E-state index contributed by atoms with van der Waals surface area (Å²) in [5.74, 6) is 0. The Morgan fingerprint density at radius 1 is 1.04 bits per heavy atom. The van der Waals surface area contributed by atoms with Crippen molar-refractivity contribution in [2.45, 2.75) is 25.3 Å². The van der Waals surface area contributed by atoms with Gasteiger partial charge in [0.15, 0.2) is 0 Å². The molecule has 0 saturated carbocycles. The highest BCUT2D eigenvalue weighted by Crippen LogP contribution is 2.19. The summed E-state index contributed by atoms with van der Waals surface area (Å²) >= 11 is 5.81. The molecule has 0 aliphatic heterocycles. The molecule has 1 heterocycles. The number of nitrogens with zero attached hydrogens (tertiary/aromatic N) is 2. The van der Waals surface area contributed by atoms with Crippen LogP contribution in [0.4, 0.5) is 0 Å². The minimum Gasteiger partial charge on any atom is -0.238 e. The zero-order valence-corrected chi connectivity index (χ0v) is 15.5. The number of aryl methyl sites for hydroxylation is 1. The third-order valence-corrected chi connectivity index (χ3v) is 5.67. The van der Waals surface area contributed by atoms with Crippen LogP contribution in [-0.4, -0.2) is 18.2 Å². The molecule has 130 valence electrons. The highest BCUT2D eigenvalue weighted by molar-refractivity contribution is 7.89. The molecular weight excluding hydrogens is 358 g/mol. The Hall–Kier alpha value is -2.15. The fourth-order valence-corrected chi connectivity index (χ4v) is 3.74. The van der Waals surface area contributed by atoms with E-state index in [1.165, 1.54) is 12.1 Å². The molecule has 1 aromatic heterocycles. The van der Waals surface area contributed by atoms with Crippen molar-refractivity contribution in [1.29, 1.82) is 0 Å². The number of sulfonamides is 1. The average Bonchev–Trinajstić information content (AvgIpc) is 2.88. The molecule has 0 atom stereocenters. The summed E-state index contributed by atoms with van der Waals surface area (Å²) in [5.41, 5.74) is 3.50. The van der Waals surface area contributed by atoms with Crippen LogP contribution < -0.4 is 4.72 Å². The lowest BCUT2D eigenvalue weighted by molar-refractivity contribution is 0.581. The van der Waals surface area contributed by atoms with Crippen LogP contribution in [-0.2, 0) is 16.6 Å². The number of hydrogen-bond acceptors (Lipinski definition) is 3. The van der Waals surface area contributed by atoms with E-state index in [-0.39, 0.29) is 11.4 Å². The van der Waals surface area contributed by atoms with Crippen LogP contribution in [0, 0.1) is 13.8 Å². The van der Waals surface area contributed by atoms with E-state index in [0.717, 1.165) is 22.6 Å². The summed E-state index contributed by atoms with van der Waals surface area (Å²) in [6, 6.07) is 15.8. The van der Waals surface area contributed by atoms with Crippen LogP contribution >= 0.6 is 11.6 Å². The first-order valence-electron chi connectivity index (χ1n) is 7.74. The van der Waals surface area contributed by atoms with Gasteiger partial charge in [0.05, 0.1) is 16.3 Å².